The van der Waals surface area contributed by atoms with Gasteiger partial charge in [-0.05, 0) is 30.5 Å². The largest absolute Gasteiger partial charge is 0.302 e. The van der Waals surface area contributed by atoms with Crippen molar-refractivity contribution in [3.8, 4) is 0 Å². The summed E-state index contributed by atoms with van der Waals surface area (Å²) < 4.78 is 0. The van der Waals surface area contributed by atoms with E-state index in [0.29, 0.717) is 19.4 Å². The van der Waals surface area contributed by atoms with Crippen molar-refractivity contribution in [2.45, 2.75) is 32.4 Å². The summed E-state index contributed by atoms with van der Waals surface area (Å²) in [7, 11) is 0. The number of imide groups is 1. The van der Waals surface area contributed by atoms with E-state index >= 15 is 0 Å². The molecule has 2 amide bonds. The number of carbonyl (C=O) groups is 2. The molecule has 1 heterocycles. The summed E-state index contributed by atoms with van der Waals surface area (Å²) in [5, 5.41) is 6.17. The van der Waals surface area contributed by atoms with Crippen LogP contribution >= 0.6 is 11.6 Å². The van der Waals surface area contributed by atoms with Crippen molar-refractivity contribution in [1.29, 1.82) is 0 Å². The molecule has 1 aromatic rings. The fraction of sp³-hybridized carbons (Fsp3) is 0.385. The lowest BCUT2D eigenvalue weighted by molar-refractivity contribution is -0.134. The van der Waals surface area contributed by atoms with Crippen LogP contribution < -0.4 is 10.6 Å². The Labute approximate surface area is 111 Å². The molecule has 2 N–H and O–H groups in total. The van der Waals surface area contributed by atoms with E-state index in [1.165, 1.54) is 0 Å². The standard InChI is InChI=1S/C13H15ClN2O2/c1-8-2-3-9(6-10(8)14)7-15-11-4-5-12(17)16-13(11)18/h2-3,6,11,15H,4-5,7H2,1H3,(H,16,17,18). The van der Waals surface area contributed by atoms with E-state index in [0.717, 1.165) is 16.1 Å². The van der Waals surface area contributed by atoms with Gasteiger partial charge in [0.15, 0.2) is 0 Å². The molecule has 1 aliphatic heterocycles. The topological polar surface area (TPSA) is 58.2 Å². The van der Waals surface area contributed by atoms with Gasteiger partial charge in [-0.1, -0.05) is 23.7 Å². The second-order valence-electron chi connectivity index (χ2n) is 4.47. The Hall–Kier alpha value is -1.39. The van der Waals surface area contributed by atoms with Crippen molar-refractivity contribution in [3.63, 3.8) is 0 Å². The van der Waals surface area contributed by atoms with Crippen LogP contribution in [-0.4, -0.2) is 17.9 Å². The Morgan fingerprint density at radius 3 is 2.89 bits per heavy atom. The van der Waals surface area contributed by atoms with Gasteiger partial charge in [0.05, 0.1) is 6.04 Å². The maximum Gasteiger partial charge on any atom is 0.243 e. The zero-order valence-corrected chi connectivity index (χ0v) is 10.9. The molecule has 0 saturated carbocycles. The number of rotatable bonds is 3. The first-order valence-electron chi connectivity index (χ1n) is 5.88. The van der Waals surface area contributed by atoms with Crippen LogP contribution in [0.3, 0.4) is 0 Å². The predicted molar refractivity (Wildman–Crippen MR) is 69.2 cm³/mol. The lowest BCUT2D eigenvalue weighted by atomic mass is 10.1. The molecule has 1 atom stereocenters. The normalized spacial score (nSPS) is 19.8. The van der Waals surface area contributed by atoms with Gasteiger partial charge in [-0.25, -0.2) is 0 Å². The van der Waals surface area contributed by atoms with Crippen molar-refractivity contribution in [2.75, 3.05) is 0 Å². The van der Waals surface area contributed by atoms with Crippen molar-refractivity contribution in [1.82, 2.24) is 10.6 Å². The number of benzene rings is 1. The van der Waals surface area contributed by atoms with Crippen LogP contribution in [-0.2, 0) is 16.1 Å². The molecule has 18 heavy (non-hydrogen) atoms. The minimum Gasteiger partial charge on any atom is -0.302 e. The molecule has 4 nitrogen and oxygen atoms in total. The predicted octanol–water partition coefficient (Wildman–Crippen LogP) is 1.54. The van der Waals surface area contributed by atoms with Gasteiger partial charge in [0.1, 0.15) is 0 Å². The minimum atomic E-state index is -0.303. The smallest absolute Gasteiger partial charge is 0.243 e. The molecular weight excluding hydrogens is 252 g/mol. The molecule has 1 aromatic carbocycles. The summed E-state index contributed by atoms with van der Waals surface area (Å²) in [4.78, 5) is 22.5. The van der Waals surface area contributed by atoms with E-state index in [9.17, 15) is 9.59 Å². The average Bonchev–Trinajstić information content (AvgIpc) is 2.32. The van der Waals surface area contributed by atoms with Crippen molar-refractivity contribution in [3.05, 3.63) is 34.3 Å². The number of halogens is 1. The molecule has 5 heteroatoms. The third-order valence-corrected chi connectivity index (χ3v) is 3.44. The second kappa shape index (κ2) is 5.50. The Kier molecular flexibility index (Phi) is 3.99. The number of piperidine rings is 1. The first-order chi connectivity index (χ1) is 8.56. The van der Waals surface area contributed by atoms with Gasteiger partial charge in [0.25, 0.3) is 0 Å². The monoisotopic (exact) mass is 266 g/mol. The SMILES string of the molecule is Cc1ccc(CNC2CCC(=O)NC2=O)cc1Cl. The lowest BCUT2D eigenvalue weighted by Crippen LogP contribution is -2.50. The highest BCUT2D eigenvalue weighted by atomic mass is 35.5. The highest BCUT2D eigenvalue weighted by Crippen LogP contribution is 2.17. The van der Waals surface area contributed by atoms with Gasteiger partial charge >= 0.3 is 0 Å². The van der Waals surface area contributed by atoms with Crippen LogP contribution in [0.4, 0.5) is 0 Å². The summed E-state index contributed by atoms with van der Waals surface area (Å²) in [5.41, 5.74) is 2.05. The Balaban J connectivity index is 1.93. The van der Waals surface area contributed by atoms with Gasteiger partial charge in [0.2, 0.25) is 11.8 Å². The molecule has 0 radical (unpaired) electrons. The number of hydrogen-bond acceptors (Lipinski definition) is 3. The highest BCUT2D eigenvalue weighted by Gasteiger charge is 2.25. The summed E-state index contributed by atoms with van der Waals surface area (Å²) in [5.74, 6) is -0.444. The minimum absolute atomic E-state index is 0.198. The van der Waals surface area contributed by atoms with Crippen LogP contribution in [0.1, 0.15) is 24.0 Å². The number of nitrogens with one attached hydrogen (secondary N) is 2. The summed E-state index contributed by atoms with van der Waals surface area (Å²) in [6.07, 6.45) is 0.933. The number of aryl methyl sites for hydroxylation is 1. The second-order valence-corrected chi connectivity index (χ2v) is 4.88. The molecule has 1 fully saturated rings. The Bertz CT molecular complexity index is 488. The lowest BCUT2D eigenvalue weighted by Gasteiger charge is -2.22. The molecule has 1 unspecified atom stereocenters. The van der Waals surface area contributed by atoms with Crippen molar-refractivity contribution >= 4 is 23.4 Å². The average molecular weight is 267 g/mol. The molecular formula is C13H15ClN2O2. The van der Waals surface area contributed by atoms with Gasteiger partial charge < -0.3 is 5.32 Å². The molecule has 0 aromatic heterocycles. The number of carbonyl (C=O) groups excluding carboxylic acids is 2. The van der Waals surface area contributed by atoms with Crippen LogP contribution in [0.25, 0.3) is 0 Å². The van der Waals surface area contributed by atoms with E-state index in [1.54, 1.807) is 0 Å². The molecule has 1 aliphatic rings. The zero-order valence-electron chi connectivity index (χ0n) is 10.1. The first kappa shape index (κ1) is 13.1. The van der Waals surface area contributed by atoms with Crippen LogP contribution in [0.2, 0.25) is 5.02 Å². The van der Waals surface area contributed by atoms with Crippen LogP contribution in [0.15, 0.2) is 18.2 Å². The quantitative estimate of drug-likeness (QED) is 0.816. The molecule has 0 bridgehead atoms. The van der Waals surface area contributed by atoms with Crippen molar-refractivity contribution < 1.29 is 9.59 Å². The fourth-order valence-electron chi connectivity index (χ4n) is 1.88. The van der Waals surface area contributed by atoms with E-state index in [-0.39, 0.29) is 17.9 Å². The fourth-order valence-corrected chi connectivity index (χ4v) is 2.08. The van der Waals surface area contributed by atoms with Gasteiger partial charge in [-0.3, -0.25) is 14.9 Å². The molecule has 0 spiro atoms. The number of amides is 2. The highest BCUT2D eigenvalue weighted by molar-refractivity contribution is 6.31. The van der Waals surface area contributed by atoms with E-state index in [2.05, 4.69) is 10.6 Å². The molecule has 0 aliphatic carbocycles. The maximum absolute atomic E-state index is 11.5. The van der Waals surface area contributed by atoms with Gasteiger partial charge in [-0.2, -0.15) is 0 Å². The number of hydrogen-bond donors (Lipinski definition) is 2. The van der Waals surface area contributed by atoms with E-state index in [1.807, 2.05) is 25.1 Å². The van der Waals surface area contributed by atoms with Crippen molar-refractivity contribution in [2.24, 2.45) is 0 Å². The van der Waals surface area contributed by atoms with E-state index < -0.39 is 0 Å². The molecule has 96 valence electrons. The molecule has 2 rings (SSSR count). The maximum atomic E-state index is 11.5. The molecule has 1 saturated heterocycles. The summed E-state index contributed by atoms with van der Waals surface area (Å²) in [6, 6.07) is 5.50. The van der Waals surface area contributed by atoms with Gasteiger partial charge in [0, 0.05) is 18.0 Å². The Morgan fingerprint density at radius 2 is 2.22 bits per heavy atom. The Morgan fingerprint density at radius 1 is 1.44 bits per heavy atom. The van der Waals surface area contributed by atoms with Crippen LogP contribution in [0.5, 0.6) is 0 Å². The third kappa shape index (κ3) is 3.09. The first-order valence-corrected chi connectivity index (χ1v) is 6.26. The summed E-state index contributed by atoms with van der Waals surface area (Å²) in [6.45, 7) is 2.51. The van der Waals surface area contributed by atoms with E-state index in [4.69, 9.17) is 11.6 Å². The van der Waals surface area contributed by atoms with Gasteiger partial charge in [-0.15, -0.1) is 0 Å². The van der Waals surface area contributed by atoms with Crippen LogP contribution in [0, 0.1) is 6.92 Å². The third-order valence-electron chi connectivity index (χ3n) is 3.03. The zero-order chi connectivity index (χ0) is 13.1. The summed E-state index contributed by atoms with van der Waals surface area (Å²) >= 11 is 6.03.